The van der Waals surface area contributed by atoms with Gasteiger partial charge in [-0.05, 0) is 60.3 Å². The van der Waals surface area contributed by atoms with Gasteiger partial charge in [0.1, 0.15) is 6.33 Å². The van der Waals surface area contributed by atoms with E-state index < -0.39 is 0 Å². The van der Waals surface area contributed by atoms with E-state index in [4.69, 9.17) is 0 Å². The van der Waals surface area contributed by atoms with E-state index in [0.717, 1.165) is 24.2 Å². The number of pyridine rings is 1. The summed E-state index contributed by atoms with van der Waals surface area (Å²) in [6, 6.07) is 6.55. The quantitative estimate of drug-likeness (QED) is 0.645. The highest BCUT2D eigenvalue weighted by Gasteiger charge is 2.14. The van der Waals surface area contributed by atoms with Crippen LogP contribution in [0.4, 0.5) is 0 Å². The summed E-state index contributed by atoms with van der Waals surface area (Å²) in [6.45, 7) is 13.3. The molecule has 0 aliphatic heterocycles. The van der Waals surface area contributed by atoms with Gasteiger partial charge in [-0.2, -0.15) is 0 Å². The maximum Gasteiger partial charge on any atom is 0.115 e. The Hall–Kier alpha value is -1.77. The Balaban J connectivity index is 1.99. The Kier molecular flexibility index (Phi) is 6.47. The lowest BCUT2D eigenvalue weighted by Gasteiger charge is -2.17. The van der Waals surface area contributed by atoms with Crippen molar-refractivity contribution in [1.82, 2.24) is 15.0 Å². The molecule has 2 heterocycles. The van der Waals surface area contributed by atoms with E-state index >= 15 is 0 Å². The molecule has 0 spiro atoms. The summed E-state index contributed by atoms with van der Waals surface area (Å²) in [4.78, 5) is 13.4. The fourth-order valence-corrected chi connectivity index (χ4v) is 2.86. The predicted molar refractivity (Wildman–Crippen MR) is 101 cm³/mol. The standard InChI is InChI=1S/C21H31N3/c1-14(2)18-9-10-22-20(11-18)16(5)7-8-17(6)21-12-19(15(3)4)23-13-24-21/h9-17H,7-8H2,1-6H3. The van der Waals surface area contributed by atoms with Crippen LogP contribution in [0, 0.1) is 0 Å². The minimum Gasteiger partial charge on any atom is -0.261 e. The molecule has 0 bridgehead atoms. The molecule has 0 N–H and O–H groups in total. The van der Waals surface area contributed by atoms with Gasteiger partial charge >= 0.3 is 0 Å². The van der Waals surface area contributed by atoms with Gasteiger partial charge in [0.15, 0.2) is 0 Å². The highest BCUT2D eigenvalue weighted by atomic mass is 14.8. The average molecular weight is 326 g/mol. The maximum absolute atomic E-state index is 4.58. The molecule has 2 aromatic heterocycles. The second-order valence-electron chi connectivity index (χ2n) is 7.57. The first kappa shape index (κ1) is 18.6. The van der Waals surface area contributed by atoms with Gasteiger partial charge in [-0.25, -0.2) is 9.97 Å². The normalized spacial score (nSPS) is 14.2. The van der Waals surface area contributed by atoms with Gasteiger partial charge in [0.05, 0.1) is 0 Å². The summed E-state index contributed by atoms with van der Waals surface area (Å²) in [6.07, 6.45) is 5.89. The lowest BCUT2D eigenvalue weighted by atomic mass is 9.91. The fourth-order valence-electron chi connectivity index (χ4n) is 2.86. The van der Waals surface area contributed by atoms with E-state index in [1.54, 1.807) is 6.33 Å². The molecule has 24 heavy (non-hydrogen) atoms. The average Bonchev–Trinajstić information content (AvgIpc) is 2.59. The molecule has 2 aromatic rings. The van der Waals surface area contributed by atoms with Gasteiger partial charge in [-0.1, -0.05) is 41.5 Å². The molecule has 0 fully saturated rings. The van der Waals surface area contributed by atoms with Crippen molar-refractivity contribution < 1.29 is 0 Å². The van der Waals surface area contributed by atoms with E-state index in [-0.39, 0.29) is 0 Å². The summed E-state index contributed by atoms with van der Waals surface area (Å²) in [5.41, 5.74) is 4.87. The molecule has 0 saturated carbocycles. The number of rotatable bonds is 7. The van der Waals surface area contributed by atoms with Gasteiger partial charge in [0, 0.05) is 23.3 Å². The van der Waals surface area contributed by atoms with Crippen LogP contribution in [-0.4, -0.2) is 15.0 Å². The zero-order chi connectivity index (χ0) is 17.7. The Labute approximate surface area is 147 Å². The van der Waals surface area contributed by atoms with Crippen LogP contribution in [0.5, 0.6) is 0 Å². The second-order valence-corrected chi connectivity index (χ2v) is 7.57. The zero-order valence-electron chi connectivity index (χ0n) is 16.0. The minimum atomic E-state index is 0.445. The lowest BCUT2D eigenvalue weighted by Crippen LogP contribution is -2.05. The molecular weight excluding hydrogens is 294 g/mol. The highest BCUT2D eigenvalue weighted by Crippen LogP contribution is 2.28. The highest BCUT2D eigenvalue weighted by molar-refractivity contribution is 5.22. The SMILES string of the molecule is CC(C)c1ccnc(C(C)CCC(C)c2cc(C(C)C)ncn2)c1. The molecule has 0 aliphatic carbocycles. The van der Waals surface area contributed by atoms with Crippen LogP contribution in [0.3, 0.4) is 0 Å². The van der Waals surface area contributed by atoms with Crippen LogP contribution in [0.2, 0.25) is 0 Å². The first-order chi connectivity index (χ1) is 11.4. The molecule has 0 radical (unpaired) electrons. The Morgan fingerprint density at radius 2 is 1.29 bits per heavy atom. The van der Waals surface area contributed by atoms with Crippen LogP contribution in [0.25, 0.3) is 0 Å². The van der Waals surface area contributed by atoms with Crippen LogP contribution in [0.15, 0.2) is 30.7 Å². The van der Waals surface area contributed by atoms with Crippen LogP contribution in [-0.2, 0) is 0 Å². The van der Waals surface area contributed by atoms with Crippen molar-refractivity contribution in [2.24, 2.45) is 0 Å². The molecule has 0 amide bonds. The van der Waals surface area contributed by atoms with E-state index in [2.05, 4.69) is 74.7 Å². The summed E-state index contributed by atoms with van der Waals surface area (Å²) in [5, 5.41) is 0. The summed E-state index contributed by atoms with van der Waals surface area (Å²) < 4.78 is 0. The van der Waals surface area contributed by atoms with Crippen LogP contribution < -0.4 is 0 Å². The molecule has 2 rings (SSSR count). The second kappa shape index (κ2) is 8.36. The number of nitrogens with zero attached hydrogens (tertiary/aromatic N) is 3. The molecule has 2 atom stereocenters. The molecule has 0 aliphatic rings. The maximum atomic E-state index is 4.58. The van der Waals surface area contributed by atoms with Crippen molar-refractivity contribution in [1.29, 1.82) is 0 Å². The number of hydrogen-bond acceptors (Lipinski definition) is 3. The first-order valence-corrected chi connectivity index (χ1v) is 9.16. The summed E-state index contributed by atoms with van der Waals surface area (Å²) in [7, 11) is 0. The van der Waals surface area contributed by atoms with Crippen molar-refractivity contribution in [3.8, 4) is 0 Å². The Bertz CT molecular complexity index is 592. The summed E-state index contributed by atoms with van der Waals surface area (Å²) in [5.74, 6) is 1.91. The number of hydrogen-bond donors (Lipinski definition) is 0. The Morgan fingerprint density at radius 1 is 0.708 bits per heavy atom. The molecule has 3 heteroatoms. The van der Waals surface area contributed by atoms with E-state index in [9.17, 15) is 0 Å². The third-order valence-corrected chi connectivity index (χ3v) is 4.82. The summed E-state index contributed by atoms with van der Waals surface area (Å²) >= 11 is 0. The van der Waals surface area contributed by atoms with Gasteiger partial charge < -0.3 is 0 Å². The third-order valence-electron chi connectivity index (χ3n) is 4.82. The third kappa shape index (κ3) is 4.86. The van der Waals surface area contributed by atoms with Gasteiger partial charge in [-0.15, -0.1) is 0 Å². The van der Waals surface area contributed by atoms with Crippen molar-refractivity contribution in [2.75, 3.05) is 0 Å². The van der Waals surface area contributed by atoms with E-state index in [1.165, 1.54) is 11.3 Å². The van der Waals surface area contributed by atoms with Crippen molar-refractivity contribution >= 4 is 0 Å². The van der Waals surface area contributed by atoms with E-state index in [0.29, 0.717) is 23.7 Å². The first-order valence-electron chi connectivity index (χ1n) is 9.16. The zero-order valence-corrected chi connectivity index (χ0v) is 16.0. The molecule has 130 valence electrons. The molecule has 0 saturated heterocycles. The van der Waals surface area contributed by atoms with Gasteiger partial charge in [0.2, 0.25) is 0 Å². The van der Waals surface area contributed by atoms with Crippen molar-refractivity contribution in [3.63, 3.8) is 0 Å². The molecular formula is C21H31N3. The number of aromatic nitrogens is 3. The minimum absolute atomic E-state index is 0.445. The van der Waals surface area contributed by atoms with E-state index in [1.807, 2.05) is 6.20 Å². The van der Waals surface area contributed by atoms with Crippen LogP contribution in [0.1, 0.15) is 101 Å². The largest absolute Gasteiger partial charge is 0.261 e. The fraction of sp³-hybridized carbons (Fsp3) is 0.571. The van der Waals surface area contributed by atoms with Crippen molar-refractivity contribution in [2.45, 2.75) is 78.1 Å². The monoisotopic (exact) mass is 325 g/mol. The predicted octanol–water partition coefficient (Wildman–Crippen LogP) is 5.81. The molecule has 3 nitrogen and oxygen atoms in total. The Morgan fingerprint density at radius 3 is 1.88 bits per heavy atom. The molecule has 2 unspecified atom stereocenters. The van der Waals surface area contributed by atoms with Gasteiger partial charge in [0.25, 0.3) is 0 Å². The smallest absolute Gasteiger partial charge is 0.115 e. The van der Waals surface area contributed by atoms with Crippen molar-refractivity contribution in [3.05, 3.63) is 53.4 Å². The van der Waals surface area contributed by atoms with Crippen LogP contribution >= 0.6 is 0 Å². The van der Waals surface area contributed by atoms with Gasteiger partial charge in [-0.3, -0.25) is 4.98 Å². The topological polar surface area (TPSA) is 38.7 Å². The lowest BCUT2D eigenvalue weighted by molar-refractivity contribution is 0.555. The molecule has 0 aromatic carbocycles.